The molecule has 0 aliphatic heterocycles. The molecule has 23 heavy (non-hydrogen) atoms. The van der Waals surface area contributed by atoms with Gasteiger partial charge in [0.2, 0.25) is 0 Å². The summed E-state index contributed by atoms with van der Waals surface area (Å²) in [6.07, 6.45) is -4.66. The molecule has 0 saturated heterocycles. The summed E-state index contributed by atoms with van der Waals surface area (Å²) in [5.41, 5.74) is -3.81. The summed E-state index contributed by atoms with van der Waals surface area (Å²) < 4.78 is 37.9. The van der Waals surface area contributed by atoms with Crippen LogP contribution in [0.5, 0.6) is 0 Å². The number of nitrogens with zero attached hydrogens (tertiary/aromatic N) is 1. The van der Waals surface area contributed by atoms with Crippen LogP contribution >= 0.6 is 0 Å². The second kappa shape index (κ2) is 5.82. The minimum atomic E-state index is -4.82. The highest BCUT2D eigenvalue weighted by atomic mass is 19.4. The number of nitro groups is 1. The number of carbonyl (C=O) groups is 2. The lowest BCUT2D eigenvalue weighted by atomic mass is 9.89. The number of benzene rings is 1. The molecular formula is C14H9F3NO5-. The average Bonchev–Trinajstić information content (AvgIpc) is 2.45. The number of alkyl halides is 3. The Hall–Kier alpha value is -2.71. The summed E-state index contributed by atoms with van der Waals surface area (Å²) in [5.74, 6) is -2.71. The van der Waals surface area contributed by atoms with Gasteiger partial charge in [-0.25, -0.2) is 0 Å². The molecule has 0 atom stereocenters. The first-order valence-corrected chi connectivity index (χ1v) is 6.46. The molecule has 1 fully saturated rings. The van der Waals surface area contributed by atoms with Crippen LogP contribution in [0, 0.1) is 10.1 Å². The normalized spacial score (nSPS) is 15.7. The van der Waals surface area contributed by atoms with E-state index in [1.54, 1.807) is 0 Å². The molecule has 1 aliphatic rings. The van der Waals surface area contributed by atoms with Crippen LogP contribution in [0.2, 0.25) is 0 Å². The molecule has 122 valence electrons. The van der Waals surface area contributed by atoms with Crippen LogP contribution in [0.3, 0.4) is 0 Å². The van der Waals surface area contributed by atoms with E-state index < -0.39 is 50.8 Å². The number of allylic oxidation sites excluding steroid dienone is 1. The van der Waals surface area contributed by atoms with E-state index in [9.17, 15) is 38.0 Å². The molecule has 1 aliphatic carbocycles. The molecule has 0 bridgehead atoms. The molecule has 1 aromatic carbocycles. The lowest BCUT2D eigenvalue weighted by Gasteiger charge is -2.21. The van der Waals surface area contributed by atoms with Crippen LogP contribution < -0.4 is 5.11 Å². The van der Waals surface area contributed by atoms with Crippen LogP contribution in [0.25, 0.3) is 5.76 Å². The van der Waals surface area contributed by atoms with Crippen LogP contribution in [0.4, 0.5) is 18.9 Å². The Morgan fingerprint density at radius 1 is 1.13 bits per heavy atom. The van der Waals surface area contributed by atoms with Crippen molar-refractivity contribution in [1.29, 1.82) is 0 Å². The Kier molecular flexibility index (Phi) is 4.22. The number of hydrogen-bond acceptors (Lipinski definition) is 5. The molecule has 0 amide bonds. The van der Waals surface area contributed by atoms with E-state index in [-0.39, 0.29) is 25.3 Å². The summed E-state index contributed by atoms with van der Waals surface area (Å²) in [4.78, 5) is 33.2. The third-order valence-electron chi connectivity index (χ3n) is 3.36. The van der Waals surface area contributed by atoms with Gasteiger partial charge in [-0.15, -0.1) is 0 Å². The summed E-state index contributed by atoms with van der Waals surface area (Å²) in [7, 11) is 0. The maximum atomic E-state index is 12.6. The zero-order valence-electron chi connectivity index (χ0n) is 11.5. The van der Waals surface area contributed by atoms with E-state index in [0.29, 0.717) is 12.1 Å². The number of hydrogen-bond donors (Lipinski definition) is 0. The Morgan fingerprint density at radius 2 is 1.70 bits per heavy atom. The van der Waals surface area contributed by atoms with Crippen LogP contribution in [-0.4, -0.2) is 16.5 Å². The fraction of sp³-hybridized carbons (Fsp3) is 0.286. The molecule has 0 heterocycles. The first kappa shape index (κ1) is 16.7. The van der Waals surface area contributed by atoms with Crippen molar-refractivity contribution in [2.24, 2.45) is 0 Å². The number of ketones is 2. The van der Waals surface area contributed by atoms with E-state index in [4.69, 9.17) is 0 Å². The van der Waals surface area contributed by atoms with Gasteiger partial charge in [-0.2, -0.15) is 13.2 Å². The van der Waals surface area contributed by atoms with Crippen molar-refractivity contribution in [2.75, 3.05) is 0 Å². The standard InChI is InChI=1S/C14H10F3NO5/c15-14(16,17)7-4-5-8(9(6-7)18(22)23)13(21)12-10(19)2-1-3-11(12)20/h4-6,21H,1-3H2/p-1. The SMILES string of the molecule is O=C1CCCC(=O)C1=C([O-])c1ccc(C(F)(F)F)cc1[N+](=O)[O-]. The second-order valence-electron chi connectivity index (χ2n) is 4.89. The van der Waals surface area contributed by atoms with Gasteiger partial charge in [0.1, 0.15) is 0 Å². The molecule has 0 unspecified atom stereocenters. The van der Waals surface area contributed by atoms with Gasteiger partial charge >= 0.3 is 6.18 Å². The second-order valence-corrected chi connectivity index (χ2v) is 4.89. The summed E-state index contributed by atoms with van der Waals surface area (Å²) >= 11 is 0. The predicted molar refractivity (Wildman–Crippen MR) is 68.9 cm³/mol. The number of Topliss-reactive ketones (excluding diaryl/α,β-unsaturated/α-hetero) is 2. The molecule has 0 radical (unpaired) electrons. The lowest BCUT2D eigenvalue weighted by Crippen LogP contribution is -2.24. The van der Waals surface area contributed by atoms with Gasteiger partial charge in [0.15, 0.2) is 11.6 Å². The Balaban J connectivity index is 2.65. The van der Waals surface area contributed by atoms with Gasteiger partial charge in [0, 0.05) is 24.5 Å². The Morgan fingerprint density at radius 3 is 2.17 bits per heavy atom. The molecular weight excluding hydrogens is 319 g/mol. The third-order valence-corrected chi connectivity index (χ3v) is 3.36. The van der Waals surface area contributed by atoms with Gasteiger partial charge in [-0.05, 0) is 18.6 Å². The molecule has 2 rings (SSSR count). The fourth-order valence-corrected chi connectivity index (χ4v) is 2.25. The lowest BCUT2D eigenvalue weighted by molar-refractivity contribution is -0.386. The summed E-state index contributed by atoms with van der Waals surface area (Å²) in [6, 6.07) is 1.33. The van der Waals surface area contributed by atoms with E-state index >= 15 is 0 Å². The first-order chi connectivity index (χ1) is 10.6. The van der Waals surface area contributed by atoms with E-state index in [1.807, 2.05) is 0 Å². The van der Waals surface area contributed by atoms with Crippen molar-refractivity contribution in [2.45, 2.75) is 25.4 Å². The monoisotopic (exact) mass is 328 g/mol. The maximum absolute atomic E-state index is 12.6. The maximum Gasteiger partial charge on any atom is 0.416 e. The zero-order chi connectivity index (χ0) is 17.4. The molecule has 0 N–H and O–H groups in total. The largest absolute Gasteiger partial charge is 0.871 e. The Bertz CT molecular complexity index is 718. The van der Waals surface area contributed by atoms with Gasteiger partial charge < -0.3 is 5.11 Å². The molecule has 9 heteroatoms. The Labute approximate surface area is 127 Å². The minimum absolute atomic E-state index is 0.0543. The third kappa shape index (κ3) is 3.22. The highest BCUT2D eigenvalue weighted by Crippen LogP contribution is 2.35. The van der Waals surface area contributed by atoms with E-state index in [0.717, 1.165) is 0 Å². The number of halogens is 3. The van der Waals surface area contributed by atoms with Crippen LogP contribution in [0.15, 0.2) is 23.8 Å². The van der Waals surface area contributed by atoms with Gasteiger partial charge in [-0.3, -0.25) is 19.7 Å². The minimum Gasteiger partial charge on any atom is -0.871 e. The fourth-order valence-electron chi connectivity index (χ4n) is 2.25. The average molecular weight is 328 g/mol. The molecule has 1 saturated carbocycles. The van der Waals surface area contributed by atoms with Crippen LogP contribution in [0.1, 0.15) is 30.4 Å². The molecule has 1 aromatic rings. The topological polar surface area (TPSA) is 100 Å². The van der Waals surface area contributed by atoms with Gasteiger partial charge in [-0.1, -0.05) is 5.76 Å². The van der Waals surface area contributed by atoms with Crippen LogP contribution in [-0.2, 0) is 15.8 Å². The highest BCUT2D eigenvalue weighted by molar-refractivity contribution is 6.25. The summed E-state index contributed by atoms with van der Waals surface area (Å²) in [5, 5.41) is 23.2. The quantitative estimate of drug-likeness (QED) is 0.272. The van der Waals surface area contributed by atoms with E-state index in [1.165, 1.54) is 0 Å². The molecule has 6 nitrogen and oxygen atoms in total. The molecule has 0 spiro atoms. The first-order valence-electron chi connectivity index (χ1n) is 6.46. The van der Waals surface area contributed by atoms with Gasteiger partial charge in [0.25, 0.3) is 5.69 Å². The van der Waals surface area contributed by atoms with Crippen molar-refractivity contribution in [1.82, 2.24) is 0 Å². The van der Waals surface area contributed by atoms with Crippen molar-refractivity contribution in [3.05, 3.63) is 45.0 Å². The predicted octanol–water partition coefficient (Wildman–Crippen LogP) is 2.01. The zero-order valence-corrected chi connectivity index (χ0v) is 11.5. The highest BCUT2D eigenvalue weighted by Gasteiger charge is 2.33. The molecule has 0 aromatic heterocycles. The summed E-state index contributed by atoms with van der Waals surface area (Å²) in [6.45, 7) is 0. The number of nitro benzene ring substituents is 1. The van der Waals surface area contributed by atoms with Crippen molar-refractivity contribution < 1.29 is 32.8 Å². The number of carbonyl (C=O) groups excluding carboxylic acids is 2. The van der Waals surface area contributed by atoms with Gasteiger partial charge in [0.05, 0.1) is 16.1 Å². The number of rotatable bonds is 2. The van der Waals surface area contributed by atoms with E-state index in [2.05, 4.69) is 0 Å². The van der Waals surface area contributed by atoms with Crippen molar-refractivity contribution in [3.63, 3.8) is 0 Å². The van der Waals surface area contributed by atoms with Crippen molar-refractivity contribution >= 4 is 23.0 Å². The van der Waals surface area contributed by atoms with Crippen molar-refractivity contribution in [3.8, 4) is 0 Å². The smallest absolute Gasteiger partial charge is 0.416 e.